The molecule has 1 unspecified atom stereocenters. The standard InChI is InChI=1S/C24H28O7/c1-28-21(25)12-8-14-24(22(26)29-2,23(27)30-3)13-7-9-18-15-20(17-31-16-18)19-10-5-4-6-11-19/h4-12,16,20H,13-15,17H2,1-3H3/b9-7+,12-8+. The number of hydrogen-bond donors (Lipinski definition) is 0. The zero-order valence-corrected chi connectivity index (χ0v) is 18.0. The summed E-state index contributed by atoms with van der Waals surface area (Å²) in [4.78, 5) is 36.5. The second kappa shape index (κ2) is 11.7. The molecule has 0 spiro atoms. The Kier molecular flexibility index (Phi) is 9.06. The Morgan fingerprint density at radius 2 is 1.65 bits per heavy atom. The SMILES string of the molecule is COC(=O)/C=C/CC(C/C=C/C1=COCC(c2ccccc2)C1)(C(=O)OC)C(=O)OC. The van der Waals surface area contributed by atoms with Crippen LogP contribution in [0, 0.1) is 5.41 Å². The molecular weight excluding hydrogens is 400 g/mol. The predicted molar refractivity (Wildman–Crippen MR) is 114 cm³/mol. The minimum absolute atomic E-state index is 0.0329. The van der Waals surface area contributed by atoms with E-state index in [1.54, 1.807) is 12.3 Å². The van der Waals surface area contributed by atoms with E-state index in [1.807, 2.05) is 24.3 Å². The van der Waals surface area contributed by atoms with Crippen LogP contribution >= 0.6 is 0 Å². The fraction of sp³-hybridized carbons (Fsp3) is 0.375. The first-order chi connectivity index (χ1) is 15.0. The molecule has 166 valence electrons. The third-order valence-electron chi connectivity index (χ3n) is 5.16. The molecule has 1 heterocycles. The molecule has 1 aliphatic rings. The van der Waals surface area contributed by atoms with E-state index in [0.717, 1.165) is 18.1 Å². The van der Waals surface area contributed by atoms with Crippen LogP contribution in [0.2, 0.25) is 0 Å². The number of hydrogen-bond acceptors (Lipinski definition) is 7. The molecule has 7 nitrogen and oxygen atoms in total. The first-order valence-electron chi connectivity index (χ1n) is 9.90. The molecule has 0 radical (unpaired) electrons. The van der Waals surface area contributed by atoms with Gasteiger partial charge < -0.3 is 18.9 Å². The number of carbonyl (C=O) groups excluding carboxylic acids is 3. The summed E-state index contributed by atoms with van der Waals surface area (Å²) in [7, 11) is 3.65. The van der Waals surface area contributed by atoms with Crippen LogP contribution in [0.5, 0.6) is 0 Å². The van der Waals surface area contributed by atoms with Gasteiger partial charge in [0.1, 0.15) is 0 Å². The van der Waals surface area contributed by atoms with E-state index in [9.17, 15) is 14.4 Å². The highest BCUT2D eigenvalue weighted by atomic mass is 16.5. The molecule has 0 bridgehead atoms. The van der Waals surface area contributed by atoms with E-state index in [0.29, 0.717) is 6.61 Å². The van der Waals surface area contributed by atoms with E-state index in [1.165, 1.54) is 33.0 Å². The van der Waals surface area contributed by atoms with Crippen molar-refractivity contribution >= 4 is 17.9 Å². The van der Waals surface area contributed by atoms with Crippen molar-refractivity contribution in [3.05, 3.63) is 72.0 Å². The topological polar surface area (TPSA) is 88.1 Å². The molecule has 0 aliphatic carbocycles. The average molecular weight is 428 g/mol. The smallest absolute Gasteiger partial charge is 0.330 e. The average Bonchev–Trinajstić information content (AvgIpc) is 2.82. The maximum Gasteiger partial charge on any atom is 0.330 e. The summed E-state index contributed by atoms with van der Waals surface area (Å²) in [6.07, 6.45) is 8.53. The van der Waals surface area contributed by atoms with Gasteiger partial charge in [0, 0.05) is 12.0 Å². The Labute approximate surface area is 182 Å². The summed E-state index contributed by atoms with van der Waals surface area (Å²) in [5.41, 5.74) is 0.515. The van der Waals surface area contributed by atoms with Crippen molar-refractivity contribution in [3.63, 3.8) is 0 Å². The number of methoxy groups -OCH3 is 3. The summed E-state index contributed by atoms with van der Waals surface area (Å²) >= 11 is 0. The molecule has 1 aromatic carbocycles. The van der Waals surface area contributed by atoms with Crippen LogP contribution in [0.3, 0.4) is 0 Å². The highest BCUT2D eigenvalue weighted by molar-refractivity contribution is 6.00. The van der Waals surface area contributed by atoms with Gasteiger partial charge in [-0.1, -0.05) is 48.6 Å². The van der Waals surface area contributed by atoms with Crippen LogP contribution in [0.15, 0.2) is 66.5 Å². The molecule has 7 heteroatoms. The lowest BCUT2D eigenvalue weighted by molar-refractivity contribution is -0.168. The summed E-state index contributed by atoms with van der Waals surface area (Å²) < 4.78 is 19.9. The van der Waals surface area contributed by atoms with Gasteiger partial charge in [-0.3, -0.25) is 9.59 Å². The number of carbonyl (C=O) groups is 3. The molecule has 0 aromatic heterocycles. The fourth-order valence-corrected chi connectivity index (χ4v) is 3.44. The second-order valence-electron chi connectivity index (χ2n) is 7.14. The lowest BCUT2D eigenvalue weighted by Gasteiger charge is -2.26. The Hall–Kier alpha value is -3.35. The van der Waals surface area contributed by atoms with Gasteiger partial charge in [0.15, 0.2) is 5.41 Å². The van der Waals surface area contributed by atoms with Crippen molar-refractivity contribution in [1.29, 1.82) is 0 Å². The fourth-order valence-electron chi connectivity index (χ4n) is 3.44. The largest absolute Gasteiger partial charge is 0.500 e. The third kappa shape index (κ3) is 6.31. The van der Waals surface area contributed by atoms with Crippen LogP contribution in [0.1, 0.15) is 30.7 Å². The maximum absolute atomic E-state index is 12.6. The van der Waals surface area contributed by atoms with Crippen LogP contribution in [-0.4, -0.2) is 45.8 Å². The summed E-state index contributed by atoms with van der Waals surface area (Å²) in [6.45, 7) is 0.591. The number of allylic oxidation sites excluding steroid dienone is 4. The Bertz CT molecular complexity index is 836. The van der Waals surface area contributed by atoms with Crippen molar-refractivity contribution in [1.82, 2.24) is 0 Å². The second-order valence-corrected chi connectivity index (χ2v) is 7.14. The van der Waals surface area contributed by atoms with Gasteiger partial charge in [0.2, 0.25) is 0 Å². The van der Waals surface area contributed by atoms with Gasteiger partial charge in [0.05, 0.1) is 34.2 Å². The van der Waals surface area contributed by atoms with E-state index in [2.05, 4.69) is 16.9 Å². The highest BCUT2D eigenvalue weighted by Gasteiger charge is 2.46. The zero-order chi connectivity index (χ0) is 22.7. The maximum atomic E-state index is 12.6. The molecular formula is C24H28O7. The molecule has 0 N–H and O–H groups in total. The number of ether oxygens (including phenoxy) is 4. The molecule has 1 aromatic rings. The van der Waals surface area contributed by atoms with Gasteiger partial charge in [-0.05, 0) is 30.4 Å². The zero-order valence-electron chi connectivity index (χ0n) is 18.0. The quantitative estimate of drug-likeness (QED) is 0.258. The Morgan fingerprint density at radius 3 is 2.26 bits per heavy atom. The van der Waals surface area contributed by atoms with Crippen LogP contribution in [-0.2, 0) is 33.3 Å². The van der Waals surface area contributed by atoms with Crippen LogP contribution < -0.4 is 0 Å². The monoisotopic (exact) mass is 428 g/mol. The van der Waals surface area contributed by atoms with Crippen molar-refractivity contribution in [3.8, 4) is 0 Å². The lowest BCUT2D eigenvalue weighted by Crippen LogP contribution is -2.40. The molecule has 0 saturated carbocycles. The lowest BCUT2D eigenvalue weighted by atomic mass is 9.80. The highest BCUT2D eigenvalue weighted by Crippen LogP contribution is 2.33. The third-order valence-corrected chi connectivity index (χ3v) is 5.16. The number of esters is 3. The Balaban J connectivity index is 2.17. The molecule has 1 aliphatic heterocycles. The molecule has 1 atom stereocenters. The van der Waals surface area contributed by atoms with Gasteiger partial charge >= 0.3 is 17.9 Å². The first-order valence-corrected chi connectivity index (χ1v) is 9.90. The summed E-state index contributed by atoms with van der Waals surface area (Å²) in [6, 6.07) is 10.1. The van der Waals surface area contributed by atoms with Gasteiger partial charge in [-0.25, -0.2) is 4.79 Å². The molecule has 0 saturated heterocycles. The van der Waals surface area contributed by atoms with E-state index < -0.39 is 23.3 Å². The Morgan fingerprint density at radius 1 is 1.00 bits per heavy atom. The van der Waals surface area contributed by atoms with Gasteiger partial charge in [0.25, 0.3) is 0 Å². The summed E-state index contributed by atoms with van der Waals surface area (Å²) in [5, 5.41) is 0. The van der Waals surface area contributed by atoms with E-state index in [4.69, 9.17) is 14.2 Å². The van der Waals surface area contributed by atoms with E-state index in [-0.39, 0.29) is 18.8 Å². The molecule has 0 fully saturated rings. The summed E-state index contributed by atoms with van der Waals surface area (Å²) in [5.74, 6) is -1.85. The van der Waals surface area contributed by atoms with Crippen molar-refractivity contribution in [2.45, 2.75) is 25.2 Å². The number of benzene rings is 1. The van der Waals surface area contributed by atoms with Gasteiger partial charge in [-0.15, -0.1) is 0 Å². The minimum Gasteiger partial charge on any atom is -0.500 e. The molecule has 2 rings (SSSR count). The first kappa shape index (κ1) is 23.9. The van der Waals surface area contributed by atoms with Crippen molar-refractivity contribution < 1.29 is 33.3 Å². The number of rotatable bonds is 9. The van der Waals surface area contributed by atoms with Gasteiger partial charge in [-0.2, -0.15) is 0 Å². The minimum atomic E-state index is -1.61. The van der Waals surface area contributed by atoms with E-state index >= 15 is 0 Å². The molecule has 31 heavy (non-hydrogen) atoms. The van der Waals surface area contributed by atoms with Crippen LogP contribution in [0.4, 0.5) is 0 Å². The van der Waals surface area contributed by atoms with Crippen LogP contribution in [0.25, 0.3) is 0 Å². The predicted octanol–water partition coefficient (Wildman–Crippen LogP) is 3.47. The normalized spacial score (nSPS) is 16.5. The van der Waals surface area contributed by atoms with Crippen molar-refractivity contribution in [2.24, 2.45) is 5.41 Å². The van der Waals surface area contributed by atoms with Crippen molar-refractivity contribution in [2.75, 3.05) is 27.9 Å². The molecule has 0 amide bonds.